The molecule has 0 spiro atoms. The van der Waals surface area contributed by atoms with Crippen molar-refractivity contribution in [3.8, 4) is 28.6 Å². The molecule has 0 aliphatic carbocycles. The molecule has 3 aromatic heterocycles. The molecule has 0 aliphatic heterocycles. The highest BCUT2D eigenvalue weighted by atomic mass is 19.4. The van der Waals surface area contributed by atoms with Crippen LogP contribution >= 0.6 is 0 Å². The van der Waals surface area contributed by atoms with Gasteiger partial charge in [-0.3, -0.25) is 18.9 Å². The maximum atomic E-state index is 15.3. The number of hydrogen-bond acceptors (Lipinski definition) is 5. The van der Waals surface area contributed by atoms with E-state index in [0.29, 0.717) is 16.6 Å². The number of imidazole rings is 2. The van der Waals surface area contributed by atoms with Crippen LogP contribution in [0.2, 0.25) is 0 Å². The lowest BCUT2D eigenvalue weighted by Crippen LogP contribution is -2.21. The van der Waals surface area contributed by atoms with Crippen LogP contribution in [0.3, 0.4) is 0 Å². The Morgan fingerprint density at radius 1 is 1.11 bits per heavy atom. The van der Waals surface area contributed by atoms with Crippen LogP contribution in [0.5, 0.6) is 11.5 Å². The van der Waals surface area contributed by atoms with Gasteiger partial charge in [-0.25, -0.2) is 19.2 Å². The normalized spacial score (nSPS) is 11.7. The van der Waals surface area contributed by atoms with Gasteiger partial charge in [0, 0.05) is 30.1 Å². The van der Waals surface area contributed by atoms with E-state index in [9.17, 15) is 22.8 Å². The van der Waals surface area contributed by atoms with Crippen LogP contribution in [-0.4, -0.2) is 30.0 Å². The molecule has 194 valence electrons. The number of H-pyrrole nitrogens is 1. The van der Waals surface area contributed by atoms with Gasteiger partial charge in [-0.2, -0.15) is 13.2 Å². The molecule has 0 atom stereocenters. The van der Waals surface area contributed by atoms with Crippen LogP contribution < -0.4 is 16.2 Å². The highest BCUT2D eigenvalue weighted by Gasteiger charge is 2.42. The number of nitrogens with one attached hydrogen (secondary N) is 1. The summed E-state index contributed by atoms with van der Waals surface area (Å²) in [5, 5.41) is 0. The number of pyridine rings is 1. The topological polar surface area (TPSA) is 121 Å². The number of aromatic nitrogens is 5. The minimum Gasteiger partial charge on any atom is -0.452 e. The Bertz CT molecular complexity index is 1740. The highest BCUT2D eigenvalue weighted by Crippen LogP contribution is 2.39. The van der Waals surface area contributed by atoms with Crippen LogP contribution in [0, 0.1) is 5.82 Å². The number of ether oxygens (including phenoxy) is 1. The Kier molecular flexibility index (Phi) is 5.97. The monoisotopic (exact) mass is 526 g/mol. The van der Waals surface area contributed by atoms with E-state index in [-0.39, 0.29) is 34.2 Å². The van der Waals surface area contributed by atoms with Gasteiger partial charge in [0.1, 0.15) is 11.3 Å². The molecule has 2 aromatic carbocycles. The number of carbonyl (C=O) groups excluding carboxylic acids is 1. The van der Waals surface area contributed by atoms with Crippen molar-refractivity contribution < 1.29 is 27.1 Å². The Balaban J connectivity index is 1.64. The predicted octanol–water partition coefficient (Wildman–Crippen LogP) is 4.65. The van der Waals surface area contributed by atoms with Crippen molar-refractivity contribution in [3.63, 3.8) is 0 Å². The Labute approximate surface area is 211 Å². The van der Waals surface area contributed by atoms with Crippen molar-refractivity contribution in [2.24, 2.45) is 5.73 Å². The summed E-state index contributed by atoms with van der Waals surface area (Å²) in [6, 6.07) is 12.3. The van der Waals surface area contributed by atoms with E-state index in [2.05, 4.69) is 15.0 Å². The lowest BCUT2D eigenvalue weighted by Gasteiger charge is -2.15. The van der Waals surface area contributed by atoms with Gasteiger partial charge in [-0.15, -0.1) is 0 Å². The van der Waals surface area contributed by atoms with Gasteiger partial charge < -0.3 is 10.5 Å². The van der Waals surface area contributed by atoms with Gasteiger partial charge in [0.05, 0.1) is 0 Å². The minimum atomic E-state index is -4.99. The molecule has 0 fully saturated rings. The van der Waals surface area contributed by atoms with Crippen LogP contribution in [0.4, 0.5) is 17.6 Å². The number of nitrogens with two attached hydrogens (primary N) is 1. The van der Waals surface area contributed by atoms with Crippen molar-refractivity contribution in [2.75, 3.05) is 0 Å². The summed E-state index contributed by atoms with van der Waals surface area (Å²) >= 11 is 0. The van der Waals surface area contributed by atoms with Crippen LogP contribution in [0.25, 0.3) is 28.2 Å². The molecule has 5 rings (SSSR count). The lowest BCUT2D eigenvalue weighted by atomic mass is 10.2. The Morgan fingerprint density at radius 2 is 1.84 bits per heavy atom. The number of fused-ring (bicyclic) bond motifs is 1. The summed E-state index contributed by atoms with van der Waals surface area (Å²) in [5.74, 6) is -2.78. The second kappa shape index (κ2) is 9.18. The molecule has 0 radical (unpaired) electrons. The minimum absolute atomic E-state index is 0.0414. The highest BCUT2D eigenvalue weighted by molar-refractivity contribution is 5.93. The Morgan fingerprint density at radius 3 is 2.47 bits per heavy atom. The van der Waals surface area contributed by atoms with Crippen molar-refractivity contribution >= 4 is 17.1 Å². The van der Waals surface area contributed by atoms with E-state index in [1.165, 1.54) is 53.2 Å². The van der Waals surface area contributed by atoms with Crippen molar-refractivity contribution in [1.29, 1.82) is 0 Å². The second-order valence-corrected chi connectivity index (χ2v) is 8.09. The number of para-hydroxylation sites is 1. The molecule has 0 aliphatic rings. The zero-order valence-corrected chi connectivity index (χ0v) is 19.6. The van der Waals surface area contributed by atoms with Crippen LogP contribution in [0.1, 0.15) is 23.1 Å². The molecule has 0 unspecified atom stereocenters. The fourth-order valence-corrected chi connectivity index (χ4v) is 4.16. The number of hydrogen-bond donors (Lipinski definition) is 2. The van der Waals surface area contributed by atoms with Crippen molar-refractivity contribution in [1.82, 2.24) is 24.1 Å². The smallest absolute Gasteiger partial charge is 0.434 e. The molecule has 3 heterocycles. The largest absolute Gasteiger partial charge is 0.452 e. The Hall–Kier alpha value is -4.94. The van der Waals surface area contributed by atoms with Crippen molar-refractivity contribution in [2.45, 2.75) is 19.6 Å². The first-order valence-corrected chi connectivity index (χ1v) is 11.2. The van der Waals surface area contributed by atoms with E-state index in [1.54, 1.807) is 13.0 Å². The molecule has 13 heteroatoms. The number of benzene rings is 2. The average molecular weight is 526 g/mol. The molecule has 1 amide bonds. The zero-order chi connectivity index (χ0) is 27.2. The third-order valence-corrected chi connectivity index (χ3v) is 5.75. The molecule has 3 N–H and O–H groups in total. The quantitative estimate of drug-likeness (QED) is 0.312. The summed E-state index contributed by atoms with van der Waals surface area (Å²) in [5.41, 5.74) is 2.97. The summed E-state index contributed by atoms with van der Waals surface area (Å²) in [7, 11) is 0. The number of halogens is 4. The summed E-state index contributed by atoms with van der Waals surface area (Å²) in [6.07, 6.45) is -3.62. The molecule has 0 saturated carbocycles. The molecule has 0 bridgehead atoms. The first kappa shape index (κ1) is 24.7. The zero-order valence-electron chi connectivity index (χ0n) is 19.6. The first-order chi connectivity index (χ1) is 18.1. The van der Waals surface area contributed by atoms with E-state index in [1.807, 2.05) is 0 Å². The van der Waals surface area contributed by atoms with Gasteiger partial charge in [-0.05, 0) is 37.3 Å². The van der Waals surface area contributed by atoms with E-state index < -0.39 is 35.0 Å². The molecule has 9 nitrogen and oxygen atoms in total. The van der Waals surface area contributed by atoms with Gasteiger partial charge >= 0.3 is 11.9 Å². The molecular formula is C25H18F4N6O3. The first-order valence-electron chi connectivity index (χ1n) is 11.2. The van der Waals surface area contributed by atoms with E-state index in [4.69, 9.17) is 10.5 Å². The number of aryl methyl sites for hydroxylation is 1. The van der Waals surface area contributed by atoms with E-state index in [0.717, 1.165) is 6.07 Å². The number of primary amides is 1. The van der Waals surface area contributed by atoms with Gasteiger partial charge in [0.25, 0.3) is 5.91 Å². The maximum Gasteiger partial charge on any atom is 0.434 e. The summed E-state index contributed by atoms with van der Waals surface area (Å²) in [4.78, 5) is 34.6. The number of nitrogens with zero attached hydrogens (tertiary/aromatic N) is 4. The van der Waals surface area contributed by atoms with Gasteiger partial charge in [-0.1, -0.05) is 18.2 Å². The predicted molar refractivity (Wildman–Crippen MR) is 129 cm³/mol. The number of carbonyl (C=O) groups is 1. The fourth-order valence-electron chi connectivity index (χ4n) is 4.16. The summed E-state index contributed by atoms with van der Waals surface area (Å²) in [6.45, 7) is 2.04. The third-order valence-electron chi connectivity index (χ3n) is 5.75. The fraction of sp³-hybridized carbons (Fsp3) is 0.120. The van der Waals surface area contributed by atoms with Crippen LogP contribution in [0.15, 0.2) is 65.6 Å². The average Bonchev–Trinajstić information content (AvgIpc) is 3.44. The molecule has 0 saturated heterocycles. The molecular weight excluding hydrogens is 508 g/mol. The van der Waals surface area contributed by atoms with Crippen LogP contribution in [-0.2, 0) is 12.7 Å². The summed E-state index contributed by atoms with van der Waals surface area (Å²) < 4.78 is 65.3. The van der Waals surface area contributed by atoms with Gasteiger partial charge in [0.2, 0.25) is 0 Å². The molecule has 38 heavy (non-hydrogen) atoms. The number of amides is 1. The molecule has 5 aromatic rings. The number of aromatic amines is 1. The van der Waals surface area contributed by atoms with Crippen molar-refractivity contribution in [3.05, 3.63) is 88.5 Å². The number of rotatable bonds is 6. The lowest BCUT2D eigenvalue weighted by molar-refractivity contribution is -0.142. The maximum absolute atomic E-state index is 15.3. The van der Waals surface area contributed by atoms with Gasteiger partial charge in [0.15, 0.2) is 34.4 Å². The standard InChI is InChI=1S/C25H18F4N6O3/c1-2-34-19-17(10-11-31-22(19)33-24(34)37)38-16-9-8-13(12-15(16)26)23-32-18(21(30)36)20(25(27,28)29)35(23)14-6-4-3-5-7-14/h3-12H,2H2,1H3,(H2,30,36)(H,31,33,37). The van der Waals surface area contributed by atoms with E-state index >= 15 is 4.39 Å². The SMILES string of the molecule is CCn1c(=O)[nH]c2nccc(Oc3ccc(-c4nc(C(N)=O)c(C(F)(F)F)n4-c4ccccc4)cc3F)c21. The number of alkyl halides is 3. The third kappa shape index (κ3) is 4.17. The second-order valence-electron chi connectivity index (χ2n) is 8.09.